The van der Waals surface area contributed by atoms with Gasteiger partial charge in [-0.25, -0.2) is 0 Å². The summed E-state index contributed by atoms with van der Waals surface area (Å²) >= 11 is 0. The van der Waals surface area contributed by atoms with Crippen LogP contribution >= 0.6 is 0 Å². The second-order valence-electron chi connectivity index (χ2n) is 1.80. The number of halogens is 2. The molecule has 4 heteroatoms. The van der Waals surface area contributed by atoms with Gasteiger partial charge < -0.3 is 21.7 Å². The molecule has 1 nitrogen and oxygen atoms in total. The number of benzene rings is 1. The van der Waals surface area contributed by atoms with E-state index in [1.54, 1.807) is 6.07 Å². The molecular weight excluding hydrogens is 235 g/mol. The van der Waals surface area contributed by atoms with Crippen molar-refractivity contribution in [3.8, 4) is 5.75 Å². The van der Waals surface area contributed by atoms with E-state index in [1.807, 2.05) is 6.92 Å². The molecule has 0 saturated heterocycles. The molecule has 1 rings (SSSR count). The molecule has 0 unspecified atom stereocenters. The van der Waals surface area contributed by atoms with Crippen molar-refractivity contribution in [2.75, 3.05) is 6.61 Å². The standard InChI is InChI=1S/C8H8FO.BrH.Mg/c1-2-10-8-5-3-7(9)4-6-8;;/h3-5H,2H2,1H3;1H;/q-1;;+2/p-1. The van der Waals surface area contributed by atoms with E-state index in [9.17, 15) is 4.39 Å². The van der Waals surface area contributed by atoms with Crippen molar-refractivity contribution in [2.24, 2.45) is 0 Å². The van der Waals surface area contributed by atoms with E-state index in [4.69, 9.17) is 4.74 Å². The van der Waals surface area contributed by atoms with E-state index in [2.05, 4.69) is 6.07 Å². The maximum absolute atomic E-state index is 12.2. The molecular formula is C8H8BrFMgO. The van der Waals surface area contributed by atoms with Crippen LogP contribution in [0.2, 0.25) is 0 Å². The SMILES string of the molecule is CCOc1[c-]cc(F)cc1.[Br-].[Mg+2]. The molecule has 0 fully saturated rings. The van der Waals surface area contributed by atoms with Gasteiger partial charge in [-0.1, -0.05) is 0 Å². The maximum Gasteiger partial charge on any atom is 2.00 e. The monoisotopic (exact) mass is 242 g/mol. The van der Waals surface area contributed by atoms with Gasteiger partial charge in [0.1, 0.15) is 0 Å². The van der Waals surface area contributed by atoms with Crippen LogP contribution in [0.3, 0.4) is 0 Å². The fourth-order valence-electron chi connectivity index (χ4n) is 0.637. The topological polar surface area (TPSA) is 9.23 Å². The normalized spacial score (nSPS) is 7.83. The van der Waals surface area contributed by atoms with E-state index in [0.29, 0.717) is 12.4 Å². The fraction of sp³-hybridized carbons (Fsp3) is 0.250. The molecule has 0 amide bonds. The zero-order valence-corrected chi connectivity index (χ0v) is 9.81. The summed E-state index contributed by atoms with van der Waals surface area (Å²) in [6.07, 6.45) is 0. The van der Waals surface area contributed by atoms with Crippen molar-refractivity contribution in [3.05, 3.63) is 30.1 Å². The van der Waals surface area contributed by atoms with Crippen LogP contribution in [-0.4, -0.2) is 29.7 Å². The zero-order valence-electron chi connectivity index (χ0n) is 6.81. The van der Waals surface area contributed by atoms with Crippen LogP contribution < -0.4 is 21.7 Å². The third-order valence-electron chi connectivity index (χ3n) is 1.05. The van der Waals surface area contributed by atoms with Gasteiger partial charge in [0.25, 0.3) is 0 Å². The summed E-state index contributed by atoms with van der Waals surface area (Å²) in [5.74, 6) is 0.298. The molecule has 0 aromatic heterocycles. The minimum absolute atomic E-state index is 0. The molecule has 0 aliphatic heterocycles. The van der Waals surface area contributed by atoms with Crippen LogP contribution in [0.4, 0.5) is 4.39 Å². The molecule has 1 aromatic carbocycles. The fourth-order valence-corrected chi connectivity index (χ4v) is 0.637. The van der Waals surface area contributed by atoms with E-state index in [0.717, 1.165) is 0 Å². The summed E-state index contributed by atoms with van der Waals surface area (Å²) in [6, 6.07) is 6.80. The Bertz CT molecular complexity index is 203. The third kappa shape index (κ3) is 4.95. The predicted molar refractivity (Wildman–Crippen MR) is 42.2 cm³/mol. The minimum atomic E-state index is -0.288. The van der Waals surface area contributed by atoms with E-state index < -0.39 is 0 Å². The van der Waals surface area contributed by atoms with E-state index >= 15 is 0 Å². The summed E-state index contributed by atoms with van der Waals surface area (Å²) in [5, 5.41) is 0. The number of ether oxygens (including phenoxy) is 1. The van der Waals surface area contributed by atoms with Gasteiger partial charge in [-0.3, -0.25) is 4.39 Å². The van der Waals surface area contributed by atoms with Gasteiger partial charge in [-0.15, -0.1) is 24.3 Å². The van der Waals surface area contributed by atoms with Gasteiger partial charge >= 0.3 is 23.1 Å². The minimum Gasteiger partial charge on any atom is -1.00 e. The van der Waals surface area contributed by atoms with Crippen LogP contribution in [0.1, 0.15) is 6.92 Å². The van der Waals surface area contributed by atoms with Crippen molar-refractivity contribution in [1.29, 1.82) is 0 Å². The molecule has 0 N–H and O–H groups in total. The summed E-state index contributed by atoms with van der Waals surface area (Å²) in [6.45, 7) is 2.46. The predicted octanol–water partition coefficient (Wildman–Crippen LogP) is -1.35. The largest absolute Gasteiger partial charge is 2.00 e. The van der Waals surface area contributed by atoms with Crippen molar-refractivity contribution in [1.82, 2.24) is 0 Å². The molecule has 0 aliphatic rings. The second-order valence-corrected chi connectivity index (χ2v) is 1.80. The van der Waals surface area contributed by atoms with Crippen LogP contribution in [0.5, 0.6) is 5.75 Å². The summed E-state index contributed by atoms with van der Waals surface area (Å²) < 4.78 is 17.3. The van der Waals surface area contributed by atoms with Crippen LogP contribution in [0, 0.1) is 11.9 Å². The molecule has 1 aromatic rings. The number of rotatable bonds is 2. The Kier molecular flexibility index (Phi) is 9.59. The summed E-state index contributed by atoms with van der Waals surface area (Å²) in [7, 11) is 0. The first-order valence-corrected chi connectivity index (χ1v) is 3.13. The number of hydrogen-bond acceptors (Lipinski definition) is 1. The van der Waals surface area contributed by atoms with Gasteiger partial charge in [-0.2, -0.15) is 0 Å². The molecule has 0 atom stereocenters. The molecule has 0 bridgehead atoms. The summed E-state index contributed by atoms with van der Waals surface area (Å²) in [4.78, 5) is 0. The van der Waals surface area contributed by atoms with Crippen LogP contribution in [-0.2, 0) is 0 Å². The van der Waals surface area contributed by atoms with Crippen LogP contribution in [0.15, 0.2) is 18.2 Å². The average molecular weight is 243 g/mol. The maximum atomic E-state index is 12.2. The van der Waals surface area contributed by atoms with Gasteiger partial charge in [0.2, 0.25) is 0 Å². The molecule has 0 spiro atoms. The van der Waals surface area contributed by atoms with Crippen LogP contribution in [0.25, 0.3) is 0 Å². The Hall–Kier alpha value is 0.196. The second kappa shape index (κ2) is 7.83. The Labute approximate surface area is 98.2 Å². The van der Waals surface area contributed by atoms with Crippen molar-refractivity contribution >= 4 is 23.1 Å². The Morgan fingerprint density at radius 1 is 1.50 bits per heavy atom. The first kappa shape index (κ1) is 14.7. The molecule has 0 aliphatic carbocycles. The Balaban J connectivity index is 0. The quantitative estimate of drug-likeness (QED) is 0.461. The smallest absolute Gasteiger partial charge is 1.00 e. The van der Waals surface area contributed by atoms with Crippen molar-refractivity contribution in [2.45, 2.75) is 6.92 Å². The first-order valence-electron chi connectivity index (χ1n) is 3.13. The third-order valence-corrected chi connectivity index (χ3v) is 1.05. The van der Waals surface area contributed by atoms with Crippen molar-refractivity contribution < 1.29 is 26.1 Å². The average Bonchev–Trinajstić information content (AvgIpc) is 1.95. The van der Waals surface area contributed by atoms with Gasteiger partial charge in [0, 0.05) is 11.6 Å². The molecule has 0 radical (unpaired) electrons. The summed E-state index contributed by atoms with van der Waals surface area (Å²) in [5.41, 5.74) is 0. The Morgan fingerprint density at radius 2 is 2.17 bits per heavy atom. The van der Waals surface area contributed by atoms with E-state index in [1.165, 1.54) is 12.1 Å². The van der Waals surface area contributed by atoms with E-state index in [-0.39, 0.29) is 45.9 Å². The van der Waals surface area contributed by atoms with Crippen molar-refractivity contribution in [3.63, 3.8) is 0 Å². The molecule has 0 heterocycles. The molecule has 62 valence electrons. The Morgan fingerprint density at radius 3 is 2.58 bits per heavy atom. The van der Waals surface area contributed by atoms with Gasteiger partial charge in [0.05, 0.1) is 6.61 Å². The number of hydrogen-bond donors (Lipinski definition) is 0. The zero-order chi connectivity index (χ0) is 7.40. The molecule has 12 heavy (non-hydrogen) atoms. The first-order chi connectivity index (χ1) is 4.83. The molecule has 0 saturated carbocycles. The van der Waals surface area contributed by atoms with Gasteiger partial charge in [-0.05, 0) is 6.92 Å². The van der Waals surface area contributed by atoms with Gasteiger partial charge in [0.15, 0.2) is 0 Å².